The maximum absolute atomic E-state index is 13.8. The van der Waals surface area contributed by atoms with Crippen LogP contribution >= 0.6 is 23.4 Å². The second-order valence-electron chi connectivity index (χ2n) is 6.54. The van der Waals surface area contributed by atoms with Crippen LogP contribution in [0.2, 0.25) is 5.02 Å². The third-order valence-electron chi connectivity index (χ3n) is 4.35. The topological polar surface area (TPSA) is 92.3 Å². The van der Waals surface area contributed by atoms with Crippen molar-refractivity contribution in [2.75, 3.05) is 16.4 Å². The molecule has 1 aliphatic heterocycles. The highest BCUT2D eigenvalue weighted by molar-refractivity contribution is 7.99. The molecule has 29 heavy (non-hydrogen) atoms. The quantitative estimate of drug-likeness (QED) is 0.706. The predicted octanol–water partition coefficient (Wildman–Crippen LogP) is 4.10. The van der Waals surface area contributed by atoms with Gasteiger partial charge in [-0.3, -0.25) is 9.59 Å². The van der Waals surface area contributed by atoms with Gasteiger partial charge < -0.3 is 10.6 Å². The Morgan fingerprint density at radius 3 is 2.79 bits per heavy atom. The van der Waals surface area contributed by atoms with Gasteiger partial charge in [0, 0.05) is 28.5 Å². The van der Waals surface area contributed by atoms with Gasteiger partial charge >= 0.3 is 0 Å². The number of carbonyl (C=O) groups excluding carboxylic acids is 2. The largest absolute Gasteiger partial charge is 0.325 e. The first-order chi connectivity index (χ1) is 13.7. The highest BCUT2D eigenvalue weighted by Gasteiger charge is 2.27. The van der Waals surface area contributed by atoms with Crippen molar-refractivity contribution in [3.8, 4) is 0 Å². The fraction of sp³-hybridized carbons (Fsp3) is 0.263. The molecule has 0 saturated heterocycles. The SMILES string of the molecule is C[C@H](CC(=O)Nc1ccc(Cl)cc1F)S(=O)(=O)c1ccc2c(c1)NC(=O)CCS2. The molecule has 1 atom stereocenters. The van der Waals surface area contributed by atoms with E-state index in [1.165, 1.54) is 43.0 Å². The molecule has 154 valence electrons. The van der Waals surface area contributed by atoms with Crippen molar-refractivity contribution in [2.24, 2.45) is 0 Å². The zero-order valence-electron chi connectivity index (χ0n) is 15.4. The average molecular weight is 457 g/mol. The van der Waals surface area contributed by atoms with E-state index in [9.17, 15) is 22.4 Å². The summed E-state index contributed by atoms with van der Waals surface area (Å²) in [4.78, 5) is 24.8. The number of benzene rings is 2. The third-order valence-corrected chi connectivity index (χ3v) is 7.80. The summed E-state index contributed by atoms with van der Waals surface area (Å²) in [5.41, 5.74) is 0.368. The van der Waals surface area contributed by atoms with Crippen LogP contribution in [-0.4, -0.2) is 31.2 Å². The summed E-state index contributed by atoms with van der Waals surface area (Å²) < 4.78 is 39.6. The smallest absolute Gasteiger partial charge is 0.225 e. The second kappa shape index (κ2) is 8.73. The van der Waals surface area contributed by atoms with Crippen LogP contribution in [0.15, 0.2) is 46.2 Å². The molecule has 2 aromatic rings. The minimum Gasteiger partial charge on any atom is -0.325 e. The highest BCUT2D eigenvalue weighted by atomic mass is 35.5. The highest BCUT2D eigenvalue weighted by Crippen LogP contribution is 2.33. The van der Waals surface area contributed by atoms with Gasteiger partial charge in [-0.15, -0.1) is 11.8 Å². The van der Waals surface area contributed by atoms with Crippen LogP contribution in [0.5, 0.6) is 0 Å². The molecule has 2 amide bonds. The lowest BCUT2D eigenvalue weighted by Crippen LogP contribution is -2.25. The molecule has 1 aliphatic rings. The monoisotopic (exact) mass is 456 g/mol. The van der Waals surface area contributed by atoms with Gasteiger partial charge in [-0.2, -0.15) is 0 Å². The maximum Gasteiger partial charge on any atom is 0.225 e. The molecule has 2 aromatic carbocycles. The van der Waals surface area contributed by atoms with E-state index in [2.05, 4.69) is 10.6 Å². The van der Waals surface area contributed by atoms with Gasteiger partial charge in [0.25, 0.3) is 0 Å². The van der Waals surface area contributed by atoms with Crippen molar-refractivity contribution in [1.29, 1.82) is 0 Å². The number of amides is 2. The number of anilines is 2. The number of rotatable bonds is 5. The third kappa shape index (κ3) is 5.09. The molecule has 6 nitrogen and oxygen atoms in total. The van der Waals surface area contributed by atoms with E-state index in [0.717, 1.165) is 11.0 Å². The van der Waals surface area contributed by atoms with Gasteiger partial charge in [0.2, 0.25) is 11.8 Å². The lowest BCUT2D eigenvalue weighted by Gasteiger charge is -2.15. The Morgan fingerprint density at radius 2 is 2.07 bits per heavy atom. The molecule has 3 rings (SSSR count). The molecule has 2 N–H and O–H groups in total. The van der Waals surface area contributed by atoms with Crippen LogP contribution in [0.3, 0.4) is 0 Å². The van der Waals surface area contributed by atoms with Gasteiger partial charge in [-0.05, 0) is 43.3 Å². The van der Waals surface area contributed by atoms with Crippen molar-refractivity contribution in [3.63, 3.8) is 0 Å². The van der Waals surface area contributed by atoms with Gasteiger partial charge in [-0.25, -0.2) is 12.8 Å². The number of nitrogens with one attached hydrogen (secondary N) is 2. The summed E-state index contributed by atoms with van der Waals surface area (Å²) in [5, 5.41) is 4.19. The average Bonchev–Trinajstić information content (AvgIpc) is 2.83. The van der Waals surface area contributed by atoms with E-state index in [1.807, 2.05) is 0 Å². The Balaban J connectivity index is 1.75. The lowest BCUT2D eigenvalue weighted by molar-refractivity contribution is -0.116. The molecular formula is C19H18ClFN2O4S2. The number of fused-ring (bicyclic) bond motifs is 1. The van der Waals surface area contributed by atoms with E-state index < -0.39 is 26.8 Å². The van der Waals surface area contributed by atoms with Crippen molar-refractivity contribution in [3.05, 3.63) is 47.2 Å². The molecule has 0 fully saturated rings. The summed E-state index contributed by atoms with van der Waals surface area (Å²) in [6.45, 7) is 1.41. The number of thioether (sulfide) groups is 1. The zero-order chi connectivity index (χ0) is 21.2. The minimum atomic E-state index is -3.84. The van der Waals surface area contributed by atoms with E-state index >= 15 is 0 Å². The summed E-state index contributed by atoms with van der Waals surface area (Å²) in [7, 11) is -3.84. The Labute approximate surface area is 177 Å². The number of halogens is 2. The summed E-state index contributed by atoms with van der Waals surface area (Å²) in [6, 6.07) is 8.30. The predicted molar refractivity (Wildman–Crippen MR) is 112 cm³/mol. The fourth-order valence-electron chi connectivity index (χ4n) is 2.77. The Bertz CT molecular complexity index is 1080. The fourth-order valence-corrected chi connectivity index (χ4v) is 5.24. The molecule has 1 heterocycles. The molecule has 0 aliphatic carbocycles. The number of hydrogen-bond acceptors (Lipinski definition) is 5. The van der Waals surface area contributed by atoms with Gasteiger partial charge in [0.1, 0.15) is 5.82 Å². The molecule has 0 unspecified atom stereocenters. The van der Waals surface area contributed by atoms with E-state index in [0.29, 0.717) is 17.9 Å². The molecule has 0 spiro atoms. The first-order valence-corrected chi connectivity index (χ1v) is 11.6. The van der Waals surface area contributed by atoms with Crippen LogP contribution in [0.25, 0.3) is 0 Å². The van der Waals surface area contributed by atoms with Crippen LogP contribution in [0.4, 0.5) is 15.8 Å². The van der Waals surface area contributed by atoms with Crippen molar-refractivity contribution >= 4 is 56.4 Å². The van der Waals surface area contributed by atoms with Crippen molar-refractivity contribution < 1.29 is 22.4 Å². The van der Waals surface area contributed by atoms with Gasteiger partial charge in [-0.1, -0.05) is 11.6 Å². The Morgan fingerprint density at radius 1 is 1.31 bits per heavy atom. The Kier molecular flexibility index (Phi) is 6.50. The number of hydrogen-bond donors (Lipinski definition) is 2. The van der Waals surface area contributed by atoms with E-state index in [4.69, 9.17) is 11.6 Å². The van der Waals surface area contributed by atoms with Crippen LogP contribution < -0.4 is 10.6 Å². The minimum absolute atomic E-state index is 0.0111. The standard InChI is InChI=1S/C19H18ClFN2O4S2/c1-11(8-19(25)22-15-4-2-12(20)9-14(15)21)29(26,27)13-3-5-17-16(10-13)23-18(24)6-7-28-17/h2-5,9-11H,6-8H2,1H3,(H,22,25)(H,23,24)/t11-/m1/s1. The summed E-state index contributed by atoms with van der Waals surface area (Å²) in [5.74, 6) is -0.910. The zero-order valence-corrected chi connectivity index (χ0v) is 17.8. The first-order valence-electron chi connectivity index (χ1n) is 8.72. The molecule has 0 radical (unpaired) electrons. The van der Waals surface area contributed by atoms with Crippen LogP contribution in [0, 0.1) is 5.82 Å². The van der Waals surface area contributed by atoms with Crippen LogP contribution in [0.1, 0.15) is 19.8 Å². The van der Waals surface area contributed by atoms with Gasteiger partial charge in [0.05, 0.1) is 21.5 Å². The van der Waals surface area contributed by atoms with Crippen LogP contribution in [-0.2, 0) is 19.4 Å². The second-order valence-corrected chi connectivity index (χ2v) is 10.5. The molecule has 0 aromatic heterocycles. The van der Waals surface area contributed by atoms with Crippen molar-refractivity contribution in [2.45, 2.75) is 34.8 Å². The Hall–Kier alpha value is -2.10. The molecule has 0 saturated carbocycles. The normalized spacial score (nSPS) is 15.1. The van der Waals surface area contributed by atoms with Gasteiger partial charge in [0.15, 0.2) is 9.84 Å². The maximum atomic E-state index is 13.8. The van der Waals surface area contributed by atoms with E-state index in [1.54, 1.807) is 6.07 Å². The molecule has 0 bridgehead atoms. The molecule has 10 heteroatoms. The lowest BCUT2D eigenvalue weighted by atomic mass is 10.2. The first kappa shape index (κ1) is 21.6. The summed E-state index contributed by atoms with van der Waals surface area (Å²) >= 11 is 7.14. The number of carbonyl (C=O) groups is 2. The summed E-state index contributed by atoms with van der Waals surface area (Å²) in [6.07, 6.45) is -0.0120. The molecular weight excluding hydrogens is 439 g/mol. The van der Waals surface area contributed by atoms with E-state index in [-0.39, 0.29) is 27.9 Å². The number of sulfone groups is 1. The van der Waals surface area contributed by atoms with Crippen molar-refractivity contribution in [1.82, 2.24) is 0 Å².